The molecule has 0 bridgehead atoms. The largest absolute Gasteiger partial charge is 0.363 e. The average molecular weight is 198 g/mol. The molecule has 0 saturated carbocycles. The molecule has 0 amide bonds. The maximum atomic E-state index is 12.6. The van der Waals surface area contributed by atoms with Crippen molar-refractivity contribution in [2.75, 3.05) is 0 Å². The van der Waals surface area contributed by atoms with Gasteiger partial charge in [-0.3, -0.25) is 0 Å². The van der Waals surface area contributed by atoms with Crippen molar-refractivity contribution in [1.29, 1.82) is 0 Å². The molecule has 1 aromatic carbocycles. The second kappa shape index (κ2) is 3.18. The van der Waals surface area contributed by atoms with Gasteiger partial charge in [0.05, 0.1) is 0 Å². The summed E-state index contributed by atoms with van der Waals surface area (Å²) in [5.41, 5.74) is 1.27. The molecule has 1 aromatic heterocycles. The summed E-state index contributed by atoms with van der Waals surface area (Å²) in [7, 11) is 0. The van der Waals surface area contributed by atoms with Crippen LogP contribution in [0.3, 0.4) is 0 Å². The van der Waals surface area contributed by atoms with Gasteiger partial charge in [0.1, 0.15) is 22.8 Å². The standard InChI is InChI=1S/C9H5ClFNO/c10-8-5-13-12-9(8)6-1-3-7(11)4-2-6/h1-5H. The Balaban J connectivity index is 2.47. The first-order valence-electron chi connectivity index (χ1n) is 3.63. The third-order valence-electron chi connectivity index (χ3n) is 1.64. The van der Waals surface area contributed by atoms with E-state index in [1.54, 1.807) is 12.1 Å². The number of halogens is 2. The lowest BCUT2D eigenvalue weighted by Gasteiger charge is -1.94. The zero-order valence-corrected chi connectivity index (χ0v) is 7.25. The van der Waals surface area contributed by atoms with Gasteiger partial charge in [0, 0.05) is 5.56 Å². The van der Waals surface area contributed by atoms with Crippen LogP contribution in [0.25, 0.3) is 11.3 Å². The van der Waals surface area contributed by atoms with E-state index >= 15 is 0 Å². The molecule has 13 heavy (non-hydrogen) atoms. The Hall–Kier alpha value is -1.35. The third kappa shape index (κ3) is 1.55. The Morgan fingerprint density at radius 1 is 1.23 bits per heavy atom. The highest BCUT2D eigenvalue weighted by Crippen LogP contribution is 2.25. The number of hydrogen-bond acceptors (Lipinski definition) is 2. The summed E-state index contributed by atoms with van der Waals surface area (Å²) in [5.74, 6) is -0.289. The molecule has 0 aliphatic rings. The maximum absolute atomic E-state index is 12.6. The van der Waals surface area contributed by atoms with E-state index in [9.17, 15) is 4.39 Å². The molecule has 66 valence electrons. The highest BCUT2D eigenvalue weighted by Gasteiger charge is 2.07. The van der Waals surface area contributed by atoms with E-state index in [4.69, 9.17) is 11.6 Å². The molecule has 2 rings (SSSR count). The van der Waals surface area contributed by atoms with Gasteiger partial charge in [0.25, 0.3) is 0 Å². The minimum Gasteiger partial charge on any atom is -0.363 e. The highest BCUT2D eigenvalue weighted by molar-refractivity contribution is 6.32. The van der Waals surface area contributed by atoms with Crippen LogP contribution in [-0.2, 0) is 0 Å². The molecule has 4 heteroatoms. The van der Waals surface area contributed by atoms with Gasteiger partial charge in [-0.25, -0.2) is 4.39 Å². The minimum atomic E-state index is -0.289. The highest BCUT2D eigenvalue weighted by atomic mass is 35.5. The average Bonchev–Trinajstić information content (AvgIpc) is 2.53. The predicted molar refractivity (Wildman–Crippen MR) is 46.9 cm³/mol. The first-order chi connectivity index (χ1) is 6.27. The van der Waals surface area contributed by atoms with Crippen molar-refractivity contribution >= 4 is 11.6 Å². The molecular formula is C9H5ClFNO. The van der Waals surface area contributed by atoms with Crippen LogP contribution < -0.4 is 0 Å². The van der Waals surface area contributed by atoms with E-state index in [1.165, 1.54) is 18.4 Å². The smallest absolute Gasteiger partial charge is 0.143 e. The van der Waals surface area contributed by atoms with Crippen molar-refractivity contribution in [2.24, 2.45) is 0 Å². The SMILES string of the molecule is Fc1ccc(-c2nocc2Cl)cc1. The topological polar surface area (TPSA) is 26.0 Å². The van der Waals surface area contributed by atoms with Gasteiger partial charge < -0.3 is 4.52 Å². The first-order valence-corrected chi connectivity index (χ1v) is 4.01. The first kappa shape index (κ1) is 8.26. The van der Waals surface area contributed by atoms with Gasteiger partial charge in [-0.05, 0) is 24.3 Å². The second-order valence-corrected chi connectivity index (χ2v) is 2.93. The molecule has 0 radical (unpaired) electrons. The van der Waals surface area contributed by atoms with Crippen LogP contribution in [0, 0.1) is 5.82 Å². The zero-order chi connectivity index (χ0) is 9.26. The molecule has 0 N–H and O–H groups in total. The molecule has 0 fully saturated rings. The Kier molecular flexibility index (Phi) is 2.02. The van der Waals surface area contributed by atoms with E-state index in [1.807, 2.05) is 0 Å². The van der Waals surface area contributed by atoms with Crippen LogP contribution in [0.2, 0.25) is 5.02 Å². The Labute approximate surface area is 78.9 Å². The Morgan fingerprint density at radius 3 is 2.46 bits per heavy atom. The fourth-order valence-electron chi connectivity index (χ4n) is 1.02. The van der Waals surface area contributed by atoms with Crippen molar-refractivity contribution in [2.45, 2.75) is 0 Å². The van der Waals surface area contributed by atoms with Crippen molar-refractivity contribution in [3.8, 4) is 11.3 Å². The summed E-state index contributed by atoms with van der Waals surface area (Å²) in [6.45, 7) is 0. The van der Waals surface area contributed by atoms with Gasteiger partial charge in [0.2, 0.25) is 0 Å². The van der Waals surface area contributed by atoms with E-state index in [0.717, 1.165) is 5.56 Å². The van der Waals surface area contributed by atoms with E-state index in [2.05, 4.69) is 9.68 Å². The van der Waals surface area contributed by atoms with Crippen molar-refractivity contribution in [3.63, 3.8) is 0 Å². The van der Waals surface area contributed by atoms with Crippen molar-refractivity contribution in [1.82, 2.24) is 5.16 Å². The summed E-state index contributed by atoms with van der Waals surface area (Å²) in [4.78, 5) is 0. The van der Waals surface area contributed by atoms with Gasteiger partial charge in [-0.2, -0.15) is 0 Å². The molecular weight excluding hydrogens is 193 g/mol. The number of aromatic nitrogens is 1. The fourth-order valence-corrected chi connectivity index (χ4v) is 1.21. The van der Waals surface area contributed by atoms with Gasteiger partial charge in [0.15, 0.2) is 0 Å². The number of hydrogen-bond donors (Lipinski definition) is 0. The number of benzene rings is 1. The van der Waals surface area contributed by atoms with Gasteiger partial charge in [-0.15, -0.1) is 0 Å². The molecule has 0 unspecified atom stereocenters. The third-order valence-corrected chi connectivity index (χ3v) is 1.91. The number of nitrogens with zero attached hydrogens (tertiary/aromatic N) is 1. The summed E-state index contributed by atoms with van der Waals surface area (Å²) in [6.07, 6.45) is 1.33. The van der Waals surface area contributed by atoms with E-state index in [-0.39, 0.29) is 5.82 Å². The molecule has 0 aliphatic heterocycles. The van der Waals surface area contributed by atoms with Crippen LogP contribution in [-0.4, -0.2) is 5.16 Å². The monoisotopic (exact) mass is 197 g/mol. The van der Waals surface area contributed by atoms with Crippen LogP contribution in [0.1, 0.15) is 0 Å². The molecule has 0 saturated heterocycles. The van der Waals surface area contributed by atoms with Crippen LogP contribution in [0.4, 0.5) is 4.39 Å². The molecule has 1 heterocycles. The van der Waals surface area contributed by atoms with Crippen LogP contribution >= 0.6 is 11.6 Å². The minimum absolute atomic E-state index is 0.289. The van der Waals surface area contributed by atoms with Gasteiger partial charge >= 0.3 is 0 Å². The Morgan fingerprint density at radius 2 is 1.92 bits per heavy atom. The van der Waals surface area contributed by atoms with Crippen molar-refractivity contribution < 1.29 is 8.91 Å². The quantitative estimate of drug-likeness (QED) is 0.702. The number of rotatable bonds is 1. The van der Waals surface area contributed by atoms with Crippen molar-refractivity contribution in [3.05, 3.63) is 41.4 Å². The summed E-state index contributed by atoms with van der Waals surface area (Å²) < 4.78 is 17.2. The summed E-state index contributed by atoms with van der Waals surface area (Å²) in [5, 5.41) is 4.11. The lowest BCUT2D eigenvalue weighted by molar-refractivity contribution is 0.422. The predicted octanol–water partition coefficient (Wildman–Crippen LogP) is 3.13. The van der Waals surface area contributed by atoms with E-state index in [0.29, 0.717) is 10.7 Å². The molecule has 0 aliphatic carbocycles. The summed E-state index contributed by atoms with van der Waals surface area (Å²) in [6, 6.07) is 5.89. The van der Waals surface area contributed by atoms with Crippen LogP contribution in [0.5, 0.6) is 0 Å². The second-order valence-electron chi connectivity index (χ2n) is 2.52. The molecule has 0 atom stereocenters. The fraction of sp³-hybridized carbons (Fsp3) is 0. The Bertz CT molecular complexity index is 410. The van der Waals surface area contributed by atoms with Gasteiger partial charge in [-0.1, -0.05) is 16.8 Å². The lowest BCUT2D eigenvalue weighted by atomic mass is 10.1. The molecule has 2 nitrogen and oxygen atoms in total. The normalized spacial score (nSPS) is 10.3. The maximum Gasteiger partial charge on any atom is 0.143 e. The molecule has 2 aromatic rings. The van der Waals surface area contributed by atoms with Crippen LogP contribution in [0.15, 0.2) is 35.1 Å². The van der Waals surface area contributed by atoms with E-state index < -0.39 is 0 Å². The lowest BCUT2D eigenvalue weighted by Crippen LogP contribution is -1.78. The molecule has 0 spiro atoms. The summed E-state index contributed by atoms with van der Waals surface area (Å²) >= 11 is 5.76. The zero-order valence-electron chi connectivity index (χ0n) is 6.50.